The number of unbranched alkanes of at least 4 members (excludes halogenated alkanes) is 1. The molecule has 130 valence electrons. The Morgan fingerprint density at radius 2 is 1.87 bits per heavy atom. The highest BCUT2D eigenvalue weighted by Gasteiger charge is 2.31. The van der Waals surface area contributed by atoms with Gasteiger partial charge in [0.15, 0.2) is 0 Å². The molecular formula is C17H28N2O3S. The number of hydrogen-bond donors (Lipinski definition) is 1. The van der Waals surface area contributed by atoms with Gasteiger partial charge in [-0.25, -0.2) is 8.42 Å². The first kappa shape index (κ1) is 19.5. The van der Waals surface area contributed by atoms with Crippen molar-refractivity contribution in [1.29, 1.82) is 0 Å². The molecule has 1 aromatic rings. The summed E-state index contributed by atoms with van der Waals surface area (Å²) in [4.78, 5) is 12.4. The van der Waals surface area contributed by atoms with Crippen molar-refractivity contribution in [2.75, 3.05) is 17.1 Å². The van der Waals surface area contributed by atoms with Gasteiger partial charge in [0.25, 0.3) is 0 Å². The summed E-state index contributed by atoms with van der Waals surface area (Å²) in [5, 5.41) is 2.84. The molecule has 1 rings (SSSR count). The van der Waals surface area contributed by atoms with E-state index in [9.17, 15) is 13.2 Å². The number of nitrogens with one attached hydrogen (secondary N) is 1. The van der Waals surface area contributed by atoms with E-state index in [1.807, 2.05) is 39.8 Å². The van der Waals surface area contributed by atoms with Gasteiger partial charge in [-0.05, 0) is 49.9 Å². The van der Waals surface area contributed by atoms with E-state index >= 15 is 0 Å². The highest BCUT2D eigenvalue weighted by atomic mass is 32.2. The van der Waals surface area contributed by atoms with Gasteiger partial charge in [-0.15, -0.1) is 0 Å². The Kier molecular flexibility index (Phi) is 7.06. The van der Waals surface area contributed by atoms with E-state index in [2.05, 4.69) is 5.32 Å². The number of carbonyl (C=O) groups is 1. The molecule has 0 heterocycles. The topological polar surface area (TPSA) is 66.5 Å². The smallest absolute Gasteiger partial charge is 0.243 e. The van der Waals surface area contributed by atoms with Crippen LogP contribution in [0.4, 0.5) is 5.69 Å². The maximum atomic E-state index is 12.4. The molecule has 0 aliphatic rings. The Morgan fingerprint density at radius 3 is 2.35 bits per heavy atom. The summed E-state index contributed by atoms with van der Waals surface area (Å²) in [5.41, 5.74) is 2.62. The summed E-state index contributed by atoms with van der Waals surface area (Å²) in [6.45, 7) is 8.33. The molecule has 1 atom stereocenters. The lowest BCUT2D eigenvalue weighted by Crippen LogP contribution is -2.49. The Bertz CT molecular complexity index is 641. The van der Waals surface area contributed by atoms with E-state index < -0.39 is 16.1 Å². The predicted molar refractivity (Wildman–Crippen MR) is 95.2 cm³/mol. The van der Waals surface area contributed by atoms with E-state index in [1.54, 1.807) is 6.07 Å². The second kappa shape index (κ2) is 8.34. The zero-order valence-corrected chi connectivity index (χ0v) is 15.5. The SMILES string of the molecule is CCCCNC(=O)[C@H](CC)N(c1ccc(C)c(C)c1)S(C)(=O)=O. The van der Waals surface area contributed by atoms with Crippen molar-refractivity contribution in [3.8, 4) is 0 Å². The number of anilines is 1. The molecule has 0 aliphatic heterocycles. The zero-order chi connectivity index (χ0) is 17.6. The van der Waals surface area contributed by atoms with Gasteiger partial charge in [-0.3, -0.25) is 9.10 Å². The largest absolute Gasteiger partial charge is 0.354 e. The molecule has 0 aliphatic carbocycles. The first-order valence-corrected chi connectivity index (χ1v) is 9.91. The Labute approximate surface area is 140 Å². The quantitative estimate of drug-likeness (QED) is 0.740. The molecule has 1 amide bonds. The molecule has 0 saturated carbocycles. The minimum absolute atomic E-state index is 0.246. The van der Waals surface area contributed by atoms with Crippen LogP contribution < -0.4 is 9.62 Å². The fourth-order valence-electron chi connectivity index (χ4n) is 2.43. The van der Waals surface area contributed by atoms with Crippen LogP contribution in [0.5, 0.6) is 0 Å². The van der Waals surface area contributed by atoms with Crippen LogP contribution in [0, 0.1) is 13.8 Å². The molecular weight excluding hydrogens is 312 g/mol. The van der Waals surface area contributed by atoms with E-state index in [0.717, 1.165) is 30.2 Å². The van der Waals surface area contributed by atoms with Crippen molar-refractivity contribution in [3.05, 3.63) is 29.3 Å². The lowest BCUT2D eigenvalue weighted by Gasteiger charge is -2.30. The Balaban J connectivity index is 3.18. The third kappa shape index (κ3) is 5.23. The minimum Gasteiger partial charge on any atom is -0.354 e. The maximum absolute atomic E-state index is 12.4. The van der Waals surface area contributed by atoms with E-state index in [-0.39, 0.29) is 5.91 Å². The predicted octanol–water partition coefficient (Wildman–Crippen LogP) is 2.76. The molecule has 0 spiro atoms. The van der Waals surface area contributed by atoms with Crippen LogP contribution in [0.15, 0.2) is 18.2 Å². The summed E-state index contributed by atoms with van der Waals surface area (Å²) in [6, 6.07) is 4.72. The van der Waals surface area contributed by atoms with Crippen LogP contribution >= 0.6 is 0 Å². The maximum Gasteiger partial charge on any atom is 0.243 e. The Morgan fingerprint density at radius 1 is 1.22 bits per heavy atom. The van der Waals surface area contributed by atoms with Gasteiger partial charge in [0.1, 0.15) is 6.04 Å². The van der Waals surface area contributed by atoms with Crippen molar-refractivity contribution < 1.29 is 13.2 Å². The van der Waals surface area contributed by atoms with E-state index in [1.165, 1.54) is 4.31 Å². The molecule has 0 radical (unpaired) electrons. The van der Waals surface area contributed by atoms with Crippen LogP contribution in [-0.4, -0.2) is 33.2 Å². The number of nitrogens with zero attached hydrogens (tertiary/aromatic N) is 1. The summed E-state index contributed by atoms with van der Waals surface area (Å²) in [7, 11) is -3.56. The van der Waals surface area contributed by atoms with Gasteiger partial charge in [-0.2, -0.15) is 0 Å². The van der Waals surface area contributed by atoms with Crippen LogP contribution in [0.3, 0.4) is 0 Å². The van der Waals surface area contributed by atoms with E-state index in [0.29, 0.717) is 18.7 Å². The van der Waals surface area contributed by atoms with Gasteiger partial charge in [0, 0.05) is 6.54 Å². The van der Waals surface area contributed by atoms with Crippen molar-refractivity contribution >= 4 is 21.6 Å². The van der Waals surface area contributed by atoms with Crippen molar-refractivity contribution in [3.63, 3.8) is 0 Å². The van der Waals surface area contributed by atoms with Gasteiger partial charge >= 0.3 is 0 Å². The number of benzene rings is 1. The van der Waals surface area contributed by atoms with Crippen LogP contribution in [0.1, 0.15) is 44.2 Å². The third-order valence-electron chi connectivity index (χ3n) is 3.90. The summed E-state index contributed by atoms with van der Waals surface area (Å²) in [6.07, 6.45) is 3.41. The highest BCUT2D eigenvalue weighted by Crippen LogP contribution is 2.25. The highest BCUT2D eigenvalue weighted by molar-refractivity contribution is 7.92. The number of rotatable bonds is 8. The van der Waals surface area contributed by atoms with Crippen molar-refractivity contribution in [2.45, 2.75) is 53.0 Å². The average Bonchev–Trinajstić information content (AvgIpc) is 2.46. The van der Waals surface area contributed by atoms with Gasteiger partial charge < -0.3 is 5.32 Å². The number of hydrogen-bond acceptors (Lipinski definition) is 3. The minimum atomic E-state index is -3.56. The zero-order valence-electron chi connectivity index (χ0n) is 14.7. The number of aryl methyl sites for hydroxylation is 2. The second-order valence-corrected chi connectivity index (χ2v) is 7.76. The average molecular weight is 340 g/mol. The van der Waals surface area contributed by atoms with Crippen LogP contribution in [-0.2, 0) is 14.8 Å². The lowest BCUT2D eigenvalue weighted by molar-refractivity contribution is -0.122. The van der Waals surface area contributed by atoms with Crippen LogP contribution in [0.25, 0.3) is 0 Å². The first-order valence-electron chi connectivity index (χ1n) is 8.06. The van der Waals surface area contributed by atoms with Gasteiger partial charge in [0.05, 0.1) is 11.9 Å². The van der Waals surface area contributed by atoms with Crippen molar-refractivity contribution in [2.24, 2.45) is 0 Å². The first-order chi connectivity index (χ1) is 10.7. The molecule has 5 nitrogen and oxygen atoms in total. The van der Waals surface area contributed by atoms with E-state index in [4.69, 9.17) is 0 Å². The number of carbonyl (C=O) groups excluding carboxylic acids is 1. The van der Waals surface area contributed by atoms with Gasteiger partial charge in [0.2, 0.25) is 15.9 Å². The van der Waals surface area contributed by atoms with Crippen LogP contribution in [0.2, 0.25) is 0 Å². The molecule has 0 bridgehead atoms. The molecule has 1 aromatic carbocycles. The summed E-state index contributed by atoms with van der Waals surface area (Å²) >= 11 is 0. The number of sulfonamides is 1. The fraction of sp³-hybridized carbons (Fsp3) is 0.588. The molecule has 6 heteroatoms. The number of amides is 1. The third-order valence-corrected chi connectivity index (χ3v) is 5.08. The lowest BCUT2D eigenvalue weighted by atomic mass is 10.1. The monoisotopic (exact) mass is 340 g/mol. The molecule has 23 heavy (non-hydrogen) atoms. The Hall–Kier alpha value is -1.56. The molecule has 0 unspecified atom stereocenters. The molecule has 0 fully saturated rings. The standard InChI is InChI=1S/C17H28N2O3S/c1-6-8-11-18-17(20)16(7-2)19(23(5,21)22)15-10-9-13(3)14(4)12-15/h9-10,12,16H,6-8,11H2,1-5H3,(H,18,20)/t16-/m0/s1. The molecule has 1 N–H and O–H groups in total. The fourth-order valence-corrected chi connectivity index (χ4v) is 3.63. The summed E-state index contributed by atoms with van der Waals surface area (Å²) in [5.74, 6) is -0.246. The van der Waals surface area contributed by atoms with Gasteiger partial charge in [-0.1, -0.05) is 26.3 Å². The molecule has 0 saturated heterocycles. The normalized spacial score (nSPS) is 12.7. The van der Waals surface area contributed by atoms with Crippen molar-refractivity contribution in [1.82, 2.24) is 5.32 Å². The second-order valence-electron chi connectivity index (χ2n) is 5.90. The summed E-state index contributed by atoms with van der Waals surface area (Å²) < 4.78 is 25.9. The molecule has 0 aromatic heterocycles.